The summed E-state index contributed by atoms with van der Waals surface area (Å²) in [6.07, 6.45) is 0.638. The maximum atomic E-state index is 12.2. The highest BCUT2D eigenvalue weighted by Gasteiger charge is 2.22. The summed E-state index contributed by atoms with van der Waals surface area (Å²) < 4.78 is 5.35. The molecule has 0 fully saturated rings. The molecule has 6 nitrogen and oxygen atoms in total. The van der Waals surface area contributed by atoms with Gasteiger partial charge < -0.3 is 10.1 Å². The first-order chi connectivity index (χ1) is 13.4. The fraction of sp³-hybridized carbons (Fsp3) is 0.364. The smallest absolute Gasteiger partial charge is 0.407 e. The molecule has 0 aliphatic carbocycles. The van der Waals surface area contributed by atoms with Gasteiger partial charge in [0.05, 0.1) is 12.6 Å². The van der Waals surface area contributed by atoms with Crippen molar-refractivity contribution in [3.8, 4) is 0 Å². The van der Waals surface area contributed by atoms with Crippen LogP contribution in [0.4, 0.5) is 4.79 Å². The third-order valence-corrected chi connectivity index (χ3v) is 3.80. The Balaban J connectivity index is 2.01. The molecule has 1 atom stereocenters. The molecule has 150 valence electrons. The highest BCUT2D eigenvalue weighted by Crippen LogP contribution is 2.10. The number of benzene rings is 2. The molecule has 0 aliphatic heterocycles. The zero-order valence-corrected chi connectivity index (χ0v) is 16.6. The van der Waals surface area contributed by atoms with Crippen molar-refractivity contribution in [3.63, 3.8) is 0 Å². The largest absolute Gasteiger partial charge is 0.444 e. The minimum absolute atomic E-state index is 0.199. The van der Waals surface area contributed by atoms with Crippen molar-refractivity contribution in [3.05, 3.63) is 71.8 Å². The molecule has 0 radical (unpaired) electrons. The summed E-state index contributed by atoms with van der Waals surface area (Å²) in [5.74, 6) is 0. The molecule has 0 unspecified atom stereocenters. The monoisotopic (exact) mass is 384 g/mol. The molecule has 0 bridgehead atoms. The van der Waals surface area contributed by atoms with E-state index < -0.39 is 11.7 Å². The van der Waals surface area contributed by atoms with Gasteiger partial charge in [-0.1, -0.05) is 60.7 Å². The third kappa shape index (κ3) is 8.22. The molecule has 2 amide bonds. The molecule has 1 N–H and O–H groups in total. The van der Waals surface area contributed by atoms with Gasteiger partial charge in [0.2, 0.25) is 6.41 Å². The lowest BCUT2D eigenvalue weighted by Crippen LogP contribution is -2.46. The van der Waals surface area contributed by atoms with E-state index in [2.05, 4.69) is 5.32 Å². The Kier molecular flexibility index (Phi) is 8.02. The quantitative estimate of drug-likeness (QED) is 0.529. The second-order valence-corrected chi connectivity index (χ2v) is 7.50. The molecule has 0 saturated carbocycles. The fourth-order valence-corrected chi connectivity index (χ4v) is 2.61. The predicted octanol–water partition coefficient (Wildman–Crippen LogP) is 3.71. The Morgan fingerprint density at radius 3 is 2.14 bits per heavy atom. The Morgan fingerprint density at radius 1 is 1.04 bits per heavy atom. The lowest BCUT2D eigenvalue weighted by atomic mass is 10.1. The normalized spacial score (nSPS) is 12.1. The van der Waals surface area contributed by atoms with E-state index >= 15 is 0 Å². The highest BCUT2D eigenvalue weighted by molar-refractivity contribution is 5.68. The zero-order chi connectivity index (χ0) is 20.4. The maximum Gasteiger partial charge on any atom is 0.407 e. The van der Waals surface area contributed by atoms with Gasteiger partial charge in [-0.05, 0) is 38.3 Å². The molecule has 0 aromatic heterocycles. The second-order valence-electron chi connectivity index (χ2n) is 7.50. The third-order valence-electron chi connectivity index (χ3n) is 3.80. The Hall–Kier alpha value is -2.86. The predicted molar refractivity (Wildman–Crippen MR) is 107 cm³/mol. The van der Waals surface area contributed by atoms with Crippen LogP contribution in [0.5, 0.6) is 0 Å². The molecule has 2 rings (SSSR count). The highest BCUT2D eigenvalue weighted by atomic mass is 16.7. The van der Waals surface area contributed by atoms with E-state index in [0.717, 1.165) is 11.1 Å². The summed E-state index contributed by atoms with van der Waals surface area (Å²) in [7, 11) is 0. The number of carbonyl (C=O) groups excluding carboxylic acids is 2. The minimum atomic E-state index is -0.602. The van der Waals surface area contributed by atoms with Crippen molar-refractivity contribution >= 4 is 12.5 Å². The lowest BCUT2D eigenvalue weighted by Gasteiger charge is -2.26. The van der Waals surface area contributed by atoms with E-state index in [-0.39, 0.29) is 19.2 Å². The van der Waals surface area contributed by atoms with Gasteiger partial charge in [0.25, 0.3) is 0 Å². The number of nitrogens with zero attached hydrogens (tertiary/aromatic N) is 1. The van der Waals surface area contributed by atoms with E-state index in [1.165, 1.54) is 5.06 Å². The number of ether oxygens (including phenoxy) is 1. The Morgan fingerprint density at radius 2 is 1.61 bits per heavy atom. The molecule has 28 heavy (non-hydrogen) atoms. The first-order valence-electron chi connectivity index (χ1n) is 9.28. The number of amides is 2. The number of alkyl carbamates (subject to hydrolysis) is 1. The SMILES string of the molecule is CC(C)(C)OC(=O)N[C@@H](Cc1ccccc1)CN(C=O)OCc1ccccc1. The van der Waals surface area contributed by atoms with Crippen LogP contribution >= 0.6 is 0 Å². The van der Waals surface area contributed by atoms with Crippen molar-refractivity contribution in [2.24, 2.45) is 0 Å². The summed E-state index contributed by atoms with van der Waals surface area (Å²) in [5.41, 5.74) is 1.39. The van der Waals surface area contributed by atoms with E-state index in [1.54, 1.807) is 20.8 Å². The van der Waals surface area contributed by atoms with Crippen molar-refractivity contribution in [2.45, 2.75) is 45.4 Å². The maximum absolute atomic E-state index is 12.2. The fourth-order valence-electron chi connectivity index (χ4n) is 2.61. The number of hydroxylamine groups is 2. The van der Waals surface area contributed by atoms with Gasteiger partial charge in [0, 0.05) is 0 Å². The van der Waals surface area contributed by atoms with Crippen LogP contribution in [-0.2, 0) is 27.4 Å². The first kappa shape index (κ1) is 21.4. The average Bonchev–Trinajstić information content (AvgIpc) is 2.65. The van der Waals surface area contributed by atoms with Crippen molar-refractivity contribution in [2.75, 3.05) is 6.54 Å². The van der Waals surface area contributed by atoms with Crippen LogP contribution in [0.25, 0.3) is 0 Å². The van der Waals surface area contributed by atoms with Gasteiger partial charge in [0.1, 0.15) is 12.2 Å². The number of carbonyl (C=O) groups is 2. The Bertz CT molecular complexity index is 729. The average molecular weight is 384 g/mol. The van der Waals surface area contributed by atoms with Crippen LogP contribution in [0.15, 0.2) is 60.7 Å². The van der Waals surface area contributed by atoms with Gasteiger partial charge in [0.15, 0.2) is 0 Å². The molecule has 2 aromatic carbocycles. The van der Waals surface area contributed by atoms with E-state index in [1.807, 2.05) is 60.7 Å². The van der Waals surface area contributed by atoms with Crippen LogP contribution in [0.1, 0.15) is 31.9 Å². The van der Waals surface area contributed by atoms with Crippen molar-refractivity contribution in [1.82, 2.24) is 10.4 Å². The van der Waals surface area contributed by atoms with Crippen LogP contribution < -0.4 is 5.32 Å². The molecular formula is C22H28N2O4. The summed E-state index contributed by atoms with van der Waals surface area (Å²) in [6.45, 7) is 5.88. The molecule has 0 spiro atoms. The van der Waals surface area contributed by atoms with Gasteiger partial charge in [-0.15, -0.1) is 0 Å². The molecular weight excluding hydrogens is 356 g/mol. The van der Waals surface area contributed by atoms with Crippen LogP contribution in [0.2, 0.25) is 0 Å². The minimum Gasteiger partial charge on any atom is -0.444 e. The summed E-state index contributed by atoms with van der Waals surface area (Å²) in [4.78, 5) is 29.3. The van der Waals surface area contributed by atoms with Crippen LogP contribution in [0, 0.1) is 0 Å². The van der Waals surface area contributed by atoms with Crippen molar-refractivity contribution < 1.29 is 19.2 Å². The van der Waals surface area contributed by atoms with E-state index in [9.17, 15) is 9.59 Å². The number of nitrogens with one attached hydrogen (secondary N) is 1. The number of hydrogen-bond acceptors (Lipinski definition) is 4. The zero-order valence-electron chi connectivity index (χ0n) is 16.6. The summed E-state index contributed by atoms with van der Waals surface area (Å²) in [6, 6.07) is 19.0. The second kappa shape index (κ2) is 10.5. The lowest BCUT2D eigenvalue weighted by molar-refractivity contribution is -0.179. The number of hydrogen-bond donors (Lipinski definition) is 1. The molecule has 2 aromatic rings. The van der Waals surface area contributed by atoms with Gasteiger partial charge in [-0.3, -0.25) is 9.63 Å². The standard InChI is InChI=1S/C22H28N2O4/c1-22(2,3)28-21(26)23-20(14-18-10-6-4-7-11-18)15-24(17-25)27-16-19-12-8-5-9-13-19/h4-13,17,20H,14-16H2,1-3H3,(H,23,26)/t20-/m0/s1. The van der Waals surface area contributed by atoms with E-state index in [4.69, 9.17) is 9.57 Å². The van der Waals surface area contributed by atoms with Gasteiger partial charge in [-0.2, -0.15) is 0 Å². The Labute approximate surface area is 166 Å². The van der Waals surface area contributed by atoms with Gasteiger partial charge >= 0.3 is 6.09 Å². The topological polar surface area (TPSA) is 67.9 Å². The summed E-state index contributed by atoms with van der Waals surface area (Å²) in [5, 5.41) is 4.05. The first-order valence-corrected chi connectivity index (χ1v) is 9.28. The summed E-state index contributed by atoms with van der Waals surface area (Å²) >= 11 is 0. The van der Waals surface area contributed by atoms with Crippen LogP contribution in [0.3, 0.4) is 0 Å². The molecule has 0 aliphatic rings. The number of rotatable bonds is 9. The van der Waals surface area contributed by atoms with Crippen molar-refractivity contribution in [1.29, 1.82) is 0 Å². The molecule has 6 heteroatoms. The molecule has 0 heterocycles. The van der Waals surface area contributed by atoms with Gasteiger partial charge in [-0.25, -0.2) is 9.86 Å². The molecule has 0 saturated heterocycles. The van der Waals surface area contributed by atoms with Crippen LogP contribution in [-0.4, -0.2) is 35.8 Å². The van der Waals surface area contributed by atoms with E-state index in [0.29, 0.717) is 12.8 Å².